The average molecular weight is 265 g/mol. The Balaban J connectivity index is 1.61. The molecule has 0 saturated heterocycles. The zero-order chi connectivity index (χ0) is 12.8. The molecule has 0 bridgehead atoms. The molecule has 0 aromatic heterocycles. The number of rotatable bonds is 5. The Morgan fingerprint density at radius 1 is 1.44 bits per heavy atom. The fourth-order valence-corrected chi connectivity index (χ4v) is 2.84. The molecule has 2 N–H and O–H groups in total. The minimum Gasteiger partial charge on any atom is -0.464 e. The minimum absolute atomic E-state index is 0.00876. The molecule has 18 heavy (non-hydrogen) atoms. The fourth-order valence-electron chi connectivity index (χ4n) is 2.01. The van der Waals surface area contributed by atoms with E-state index < -0.39 is 0 Å². The van der Waals surface area contributed by atoms with Crippen LogP contribution in [0.3, 0.4) is 0 Å². The van der Waals surface area contributed by atoms with Crippen molar-refractivity contribution in [3.63, 3.8) is 0 Å². The van der Waals surface area contributed by atoms with Crippen molar-refractivity contribution in [2.45, 2.75) is 25.3 Å². The molecular weight excluding hydrogens is 246 g/mol. The summed E-state index contributed by atoms with van der Waals surface area (Å²) in [6.45, 7) is 0.467. The van der Waals surface area contributed by atoms with Crippen LogP contribution in [0.4, 0.5) is 0 Å². The predicted octanol–water partition coefficient (Wildman–Crippen LogP) is 2.40. The molecule has 0 aliphatic heterocycles. The highest BCUT2D eigenvalue weighted by Crippen LogP contribution is 2.22. The van der Waals surface area contributed by atoms with Crippen molar-refractivity contribution >= 4 is 17.7 Å². The van der Waals surface area contributed by atoms with E-state index in [1.54, 1.807) is 11.8 Å². The summed E-state index contributed by atoms with van der Waals surface area (Å²) in [6.07, 6.45) is 13.2. The van der Waals surface area contributed by atoms with Crippen LogP contribution in [0, 0.1) is 5.92 Å². The number of esters is 1. The monoisotopic (exact) mass is 265 g/mol. The molecule has 2 aliphatic rings. The van der Waals surface area contributed by atoms with Gasteiger partial charge in [0, 0.05) is 16.7 Å². The predicted molar refractivity (Wildman–Crippen MR) is 75.1 cm³/mol. The molecule has 2 aliphatic carbocycles. The molecule has 1 unspecified atom stereocenters. The van der Waals surface area contributed by atoms with E-state index in [-0.39, 0.29) is 17.9 Å². The van der Waals surface area contributed by atoms with E-state index >= 15 is 0 Å². The molecular formula is C14H19NO2S. The van der Waals surface area contributed by atoms with Gasteiger partial charge >= 0.3 is 5.97 Å². The van der Waals surface area contributed by atoms with E-state index in [1.165, 1.54) is 4.91 Å². The first-order valence-electron chi connectivity index (χ1n) is 6.36. The van der Waals surface area contributed by atoms with Gasteiger partial charge in [-0.15, -0.1) is 11.8 Å². The lowest BCUT2D eigenvalue weighted by Gasteiger charge is -2.10. The van der Waals surface area contributed by atoms with Crippen molar-refractivity contribution in [3.05, 3.63) is 35.3 Å². The fraction of sp³-hybridized carbons (Fsp3) is 0.500. The summed E-state index contributed by atoms with van der Waals surface area (Å²) >= 11 is 1.74. The van der Waals surface area contributed by atoms with Gasteiger partial charge in [-0.1, -0.05) is 30.4 Å². The zero-order valence-electron chi connectivity index (χ0n) is 10.4. The SMILES string of the molecule is N[C@H]1C=CC(C(=O)OCCSC2=CCCC=C2)C1. The van der Waals surface area contributed by atoms with Crippen LogP contribution in [0.15, 0.2) is 35.3 Å². The molecule has 0 saturated carbocycles. The third-order valence-electron chi connectivity index (χ3n) is 2.98. The van der Waals surface area contributed by atoms with Crippen LogP contribution in [0.2, 0.25) is 0 Å². The molecule has 0 aromatic rings. The van der Waals surface area contributed by atoms with Crippen molar-refractivity contribution in [2.75, 3.05) is 12.4 Å². The molecule has 0 heterocycles. The first-order valence-corrected chi connectivity index (χ1v) is 7.34. The second kappa shape index (κ2) is 6.81. The van der Waals surface area contributed by atoms with Crippen molar-refractivity contribution in [2.24, 2.45) is 11.7 Å². The summed E-state index contributed by atoms with van der Waals surface area (Å²) in [5.74, 6) is 0.525. The van der Waals surface area contributed by atoms with Crippen LogP contribution in [-0.2, 0) is 9.53 Å². The topological polar surface area (TPSA) is 52.3 Å². The quantitative estimate of drug-likeness (QED) is 0.471. The van der Waals surface area contributed by atoms with Gasteiger partial charge in [0.25, 0.3) is 0 Å². The lowest BCUT2D eigenvalue weighted by Crippen LogP contribution is -2.21. The third-order valence-corrected chi connectivity index (χ3v) is 3.98. The van der Waals surface area contributed by atoms with E-state index in [1.807, 2.05) is 12.2 Å². The highest BCUT2D eigenvalue weighted by molar-refractivity contribution is 8.03. The maximum absolute atomic E-state index is 11.7. The van der Waals surface area contributed by atoms with Crippen LogP contribution in [-0.4, -0.2) is 24.4 Å². The number of carbonyl (C=O) groups excluding carboxylic acids is 1. The molecule has 0 spiro atoms. The Morgan fingerprint density at radius 2 is 2.33 bits per heavy atom. The average Bonchev–Trinajstić information content (AvgIpc) is 2.82. The molecule has 0 aromatic carbocycles. The Hall–Kier alpha value is -1.00. The van der Waals surface area contributed by atoms with Gasteiger partial charge in [-0.25, -0.2) is 0 Å². The van der Waals surface area contributed by atoms with E-state index in [0.29, 0.717) is 13.0 Å². The highest BCUT2D eigenvalue weighted by atomic mass is 32.2. The summed E-state index contributed by atoms with van der Waals surface area (Å²) in [5, 5.41) is 0. The normalized spacial score (nSPS) is 26.2. The first-order chi connectivity index (χ1) is 8.75. The lowest BCUT2D eigenvalue weighted by molar-refractivity contribution is -0.146. The van der Waals surface area contributed by atoms with Crippen molar-refractivity contribution in [3.8, 4) is 0 Å². The van der Waals surface area contributed by atoms with Gasteiger partial charge < -0.3 is 10.5 Å². The van der Waals surface area contributed by atoms with Crippen LogP contribution in [0.25, 0.3) is 0 Å². The summed E-state index contributed by atoms with van der Waals surface area (Å²) in [7, 11) is 0. The van der Waals surface area contributed by atoms with E-state index in [9.17, 15) is 4.79 Å². The summed E-state index contributed by atoms with van der Waals surface area (Å²) < 4.78 is 5.25. The Kier molecular flexibility index (Phi) is 5.08. The van der Waals surface area contributed by atoms with Gasteiger partial charge in [-0.05, 0) is 19.3 Å². The molecule has 2 atom stereocenters. The van der Waals surface area contributed by atoms with E-state index in [0.717, 1.165) is 18.6 Å². The van der Waals surface area contributed by atoms with Gasteiger partial charge in [-0.3, -0.25) is 4.79 Å². The number of allylic oxidation sites excluding steroid dienone is 3. The maximum Gasteiger partial charge on any atom is 0.312 e. The number of ether oxygens (including phenoxy) is 1. The van der Waals surface area contributed by atoms with Crippen LogP contribution in [0.5, 0.6) is 0 Å². The van der Waals surface area contributed by atoms with Crippen molar-refractivity contribution in [1.29, 1.82) is 0 Å². The second-order valence-electron chi connectivity index (χ2n) is 4.49. The van der Waals surface area contributed by atoms with Crippen LogP contribution in [0.1, 0.15) is 19.3 Å². The number of hydrogen-bond donors (Lipinski definition) is 1. The van der Waals surface area contributed by atoms with E-state index in [2.05, 4.69) is 18.2 Å². The lowest BCUT2D eigenvalue weighted by atomic mass is 10.1. The molecule has 0 fully saturated rings. The third kappa shape index (κ3) is 4.03. The van der Waals surface area contributed by atoms with Gasteiger partial charge in [0.15, 0.2) is 0 Å². The number of hydrogen-bond acceptors (Lipinski definition) is 4. The smallest absolute Gasteiger partial charge is 0.312 e. The minimum atomic E-state index is -0.145. The van der Waals surface area contributed by atoms with Crippen LogP contribution < -0.4 is 5.73 Å². The largest absolute Gasteiger partial charge is 0.464 e. The first kappa shape index (κ1) is 13.4. The van der Waals surface area contributed by atoms with Crippen molar-refractivity contribution in [1.82, 2.24) is 0 Å². The molecule has 98 valence electrons. The zero-order valence-corrected chi connectivity index (χ0v) is 11.2. The number of thioether (sulfide) groups is 1. The van der Waals surface area contributed by atoms with Gasteiger partial charge in [0.1, 0.15) is 6.61 Å². The van der Waals surface area contributed by atoms with Crippen LogP contribution >= 0.6 is 11.8 Å². The molecule has 0 amide bonds. The van der Waals surface area contributed by atoms with Gasteiger partial charge in [0.2, 0.25) is 0 Å². The maximum atomic E-state index is 11.7. The van der Waals surface area contributed by atoms with Crippen molar-refractivity contribution < 1.29 is 9.53 Å². The Bertz CT molecular complexity index is 387. The molecule has 2 rings (SSSR count). The standard InChI is InChI=1S/C14H19NO2S/c15-12-7-6-11(10-12)14(16)17-8-9-18-13-4-2-1-3-5-13/h2,4-7,11-12H,1,3,8-10,15H2/t11?,12-/m0/s1. The second-order valence-corrected chi connectivity index (χ2v) is 5.66. The number of nitrogens with two attached hydrogens (primary N) is 1. The molecule has 4 heteroatoms. The summed E-state index contributed by atoms with van der Waals surface area (Å²) in [5.41, 5.74) is 5.70. The van der Waals surface area contributed by atoms with Gasteiger partial charge in [0.05, 0.1) is 5.92 Å². The summed E-state index contributed by atoms with van der Waals surface area (Å²) in [6, 6.07) is 0.00876. The van der Waals surface area contributed by atoms with E-state index in [4.69, 9.17) is 10.5 Å². The highest BCUT2D eigenvalue weighted by Gasteiger charge is 2.23. The molecule has 0 radical (unpaired) electrons. The van der Waals surface area contributed by atoms with Gasteiger partial charge in [-0.2, -0.15) is 0 Å². The number of carbonyl (C=O) groups is 1. The summed E-state index contributed by atoms with van der Waals surface area (Å²) in [4.78, 5) is 13.0. The Labute approximate surface area is 112 Å². The molecule has 3 nitrogen and oxygen atoms in total. The Morgan fingerprint density at radius 3 is 3.00 bits per heavy atom.